The second-order valence-electron chi connectivity index (χ2n) is 6.39. The largest absolute Gasteiger partial charge is 0.507 e. The number of hydrazone groups is 1. The van der Waals surface area contributed by atoms with Gasteiger partial charge in [0, 0.05) is 22.9 Å². The van der Waals surface area contributed by atoms with Crippen molar-refractivity contribution in [2.45, 2.75) is 19.3 Å². The van der Waals surface area contributed by atoms with Gasteiger partial charge < -0.3 is 10.4 Å². The third-order valence-electron chi connectivity index (χ3n) is 4.29. The number of halogens is 1. The number of benzene rings is 3. The lowest BCUT2D eigenvalue weighted by Gasteiger charge is -2.07. The van der Waals surface area contributed by atoms with Gasteiger partial charge in [-0.05, 0) is 51.3 Å². The summed E-state index contributed by atoms with van der Waals surface area (Å²) in [5, 5.41) is 18.6. The molecule has 0 saturated carbocycles. The fourth-order valence-corrected chi connectivity index (χ4v) is 3.21. The summed E-state index contributed by atoms with van der Waals surface area (Å²) in [4.78, 5) is 23.9. The minimum absolute atomic E-state index is 0.0884. The van der Waals surface area contributed by atoms with Crippen LogP contribution in [-0.2, 0) is 9.59 Å². The van der Waals surface area contributed by atoms with E-state index in [1.807, 2.05) is 48.5 Å². The molecule has 0 aliphatic heterocycles. The van der Waals surface area contributed by atoms with Crippen LogP contribution in [0, 0.1) is 0 Å². The predicted molar refractivity (Wildman–Crippen MR) is 118 cm³/mol. The van der Waals surface area contributed by atoms with E-state index >= 15 is 0 Å². The molecule has 3 N–H and O–H groups in total. The van der Waals surface area contributed by atoms with Crippen LogP contribution in [0.4, 0.5) is 5.69 Å². The lowest BCUT2D eigenvalue weighted by Crippen LogP contribution is -2.18. The zero-order chi connectivity index (χ0) is 20.6. The Bertz CT molecular complexity index is 1070. The maximum atomic E-state index is 12.0. The van der Waals surface area contributed by atoms with Crippen LogP contribution in [0.15, 0.2) is 70.2 Å². The average molecular weight is 454 g/mol. The molecular formula is C22H20BrN3O3. The maximum Gasteiger partial charge on any atom is 0.240 e. The Balaban J connectivity index is 1.48. The number of phenols is 1. The Hall–Kier alpha value is -3.19. The third kappa shape index (κ3) is 5.65. The van der Waals surface area contributed by atoms with Crippen LogP contribution in [0.25, 0.3) is 10.8 Å². The Kier molecular flexibility index (Phi) is 6.97. The van der Waals surface area contributed by atoms with Crippen molar-refractivity contribution in [2.24, 2.45) is 5.10 Å². The van der Waals surface area contributed by atoms with E-state index < -0.39 is 0 Å². The lowest BCUT2D eigenvalue weighted by molar-refractivity contribution is -0.121. The van der Waals surface area contributed by atoms with Gasteiger partial charge in [-0.3, -0.25) is 9.59 Å². The quantitative estimate of drug-likeness (QED) is 0.361. The molecule has 6 nitrogen and oxygen atoms in total. The van der Waals surface area contributed by atoms with E-state index in [2.05, 4.69) is 31.8 Å². The molecule has 7 heteroatoms. The highest BCUT2D eigenvalue weighted by Crippen LogP contribution is 2.25. The summed E-state index contributed by atoms with van der Waals surface area (Å²) in [5.41, 5.74) is 3.67. The molecule has 0 heterocycles. The number of fused-ring (bicyclic) bond motifs is 1. The number of rotatable bonds is 7. The fourth-order valence-electron chi connectivity index (χ4n) is 2.83. The first-order chi connectivity index (χ1) is 14.0. The van der Waals surface area contributed by atoms with Gasteiger partial charge in [-0.2, -0.15) is 5.10 Å². The third-order valence-corrected chi connectivity index (χ3v) is 4.98. The highest BCUT2D eigenvalue weighted by atomic mass is 79.9. The number of hydrogen-bond donors (Lipinski definition) is 3. The summed E-state index contributed by atoms with van der Waals surface area (Å²) in [6.45, 7) is 0. The molecule has 0 aromatic heterocycles. The Morgan fingerprint density at radius 2 is 1.69 bits per heavy atom. The van der Waals surface area contributed by atoms with Gasteiger partial charge in [-0.25, -0.2) is 5.43 Å². The fraction of sp³-hybridized carbons (Fsp3) is 0.136. The minimum atomic E-state index is -0.297. The van der Waals surface area contributed by atoms with E-state index in [0.717, 1.165) is 15.2 Å². The summed E-state index contributed by atoms with van der Waals surface area (Å²) in [6, 6.07) is 18.3. The van der Waals surface area contributed by atoms with Crippen LogP contribution in [0.3, 0.4) is 0 Å². The topological polar surface area (TPSA) is 90.8 Å². The number of nitrogens with zero attached hydrogens (tertiary/aromatic N) is 1. The van der Waals surface area contributed by atoms with E-state index in [0.29, 0.717) is 17.7 Å². The highest BCUT2D eigenvalue weighted by molar-refractivity contribution is 9.10. The number of para-hydroxylation sites is 1. The average Bonchev–Trinajstić information content (AvgIpc) is 2.71. The van der Waals surface area contributed by atoms with Crippen molar-refractivity contribution in [1.29, 1.82) is 0 Å². The van der Waals surface area contributed by atoms with Crippen molar-refractivity contribution in [1.82, 2.24) is 5.43 Å². The lowest BCUT2D eigenvalue weighted by atomic mass is 10.0. The molecule has 0 spiro atoms. The maximum absolute atomic E-state index is 12.0. The summed E-state index contributed by atoms with van der Waals surface area (Å²) < 4.78 is 0.803. The van der Waals surface area contributed by atoms with Crippen LogP contribution >= 0.6 is 15.9 Å². The first kappa shape index (κ1) is 20.5. The van der Waals surface area contributed by atoms with Crippen LogP contribution in [0.2, 0.25) is 0 Å². The van der Waals surface area contributed by atoms with Crippen LogP contribution in [-0.4, -0.2) is 23.1 Å². The number of nitrogens with one attached hydrogen (secondary N) is 2. The van der Waals surface area contributed by atoms with Crippen LogP contribution < -0.4 is 10.7 Å². The van der Waals surface area contributed by atoms with Crippen molar-refractivity contribution in [3.05, 3.63) is 70.7 Å². The molecule has 148 valence electrons. The van der Waals surface area contributed by atoms with E-state index in [1.165, 1.54) is 6.21 Å². The molecule has 3 aromatic rings. The van der Waals surface area contributed by atoms with Crippen molar-refractivity contribution in [3.63, 3.8) is 0 Å². The zero-order valence-corrected chi connectivity index (χ0v) is 17.1. The van der Waals surface area contributed by atoms with Gasteiger partial charge in [0.05, 0.1) is 11.9 Å². The molecule has 0 fully saturated rings. The van der Waals surface area contributed by atoms with E-state index in [-0.39, 0.29) is 30.4 Å². The van der Waals surface area contributed by atoms with Crippen molar-refractivity contribution in [2.75, 3.05) is 5.32 Å². The molecule has 0 atom stereocenters. The predicted octanol–water partition coefficient (Wildman–Crippen LogP) is 4.57. The zero-order valence-electron chi connectivity index (χ0n) is 15.6. The SMILES string of the molecule is O=C(CCCC(=O)Nc1ccccc1Br)NN=Cc1c(O)ccc2ccccc12. The smallest absolute Gasteiger partial charge is 0.240 e. The molecular weight excluding hydrogens is 434 g/mol. The van der Waals surface area contributed by atoms with Gasteiger partial charge in [-0.1, -0.05) is 42.5 Å². The summed E-state index contributed by atoms with van der Waals surface area (Å²) >= 11 is 3.37. The van der Waals surface area contributed by atoms with E-state index in [4.69, 9.17) is 0 Å². The summed E-state index contributed by atoms with van der Waals surface area (Å²) in [7, 11) is 0. The van der Waals surface area contributed by atoms with E-state index in [9.17, 15) is 14.7 Å². The molecule has 0 radical (unpaired) electrons. The molecule has 0 aliphatic rings. The number of carbonyl (C=O) groups is 2. The number of anilines is 1. The van der Waals surface area contributed by atoms with Gasteiger partial charge in [0.2, 0.25) is 11.8 Å². The molecule has 2 amide bonds. The molecule has 29 heavy (non-hydrogen) atoms. The standard InChI is InChI=1S/C22H20BrN3O3/c23-18-8-3-4-9-19(18)25-21(28)10-5-11-22(29)26-24-14-17-16-7-2-1-6-15(16)12-13-20(17)27/h1-4,6-9,12-14,27H,5,10-11H2,(H,25,28)(H,26,29). The first-order valence-corrected chi connectivity index (χ1v) is 9.91. The highest BCUT2D eigenvalue weighted by Gasteiger charge is 2.08. The number of phenolic OH excluding ortho intramolecular Hbond substituents is 1. The Morgan fingerprint density at radius 1 is 0.966 bits per heavy atom. The molecule has 3 aromatic carbocycles. The number of hydrogen-bond acceptors (Lipinski definition) is 4. The second-order valence-corrected chi connectivity index (χ2v) is 7.25. The van der Waals surface area contributed by atoms with Gasteiger partial charge in [0.25, 0.3) is 0 Å². The number of aromatic hydroxyl groups is 1. The van der Waals surface area contributed by atoms with E-state index in [1.54, 1.807) is 12.1 Å². The van der Waals surface area contributed by atoms with Gasteiger partial charge in [-0.15, -0.1) is 0 Å². The summed E-state index contributed by atoms with van der Waals surface area (Å²) in [5.74, 6) is -0.367. The van der Waals surface area contributed by atoms with Gasteiger partial charge in [0.1, 0.15) is 5.75 Å². The molecule has 0 bridgehead atoms. The second kappa shape index (κ2) is 9.84. The monoisotopic (exact) mass is 453 g/mol. The Morgan fingerprint density at radius 3 is 2.52 bits per heavy atom. The van der Waals surface area contributed by atoms with Crippen LogP contribution in [0.1, 0.15) is 24.8 Å². The normalized spacial score (nSPS) is 10.9. The van der Waals surface area contributed by atoms with Crippen molar-refractivity contribution >= 4 is 50.4 Å². The van der Waals surface area contributed by atoms with Crippen LogP contribution in [0.5, 0.6) is 5.75 Å². The number of amides is 2. The van der Waals surface area contributed by atoms with Gasteiger partial charge >= 0.3 is 0 Å². The molecule has 0 aliphatic carbocycles. The summed E-state index contributed by atoms with van der Waals surface area (Å²) in [6.07, 6.45) is 2.22. The number of carbonyl (C=O) groups excluding carboxylic acids is 2. The first-order valence-electron chi connectivity index (χ1n) is 9.11. The molecule has 0 unspecified atom stereocenters. The molecule has 3 rings (SSSR count). The molecule has 0 saturated heterocycles. The van der Waals surface area contributed by atoms with Gasteiger partial charge in [0.15, 0.2) is 0 Å². The van der Waals surface area contributed by atoms with Crippen molar-refractivity contribution in [3.8, 4) is 5.75 Å². The Labute approximate surface area is 176 Å². The minimum Gasteiger partial charge on any atom is -0.507 e. The van der Waals surface area contributed by atoms with Crippen molar-refractivity contribution < 1.29 is 14.7 Å².